The van der Waals surface area contributed by atoms with E-state index in [0.29, 0.717) is 36.3 Å². The number of nitrogens with zero attached hydrogens (tertiary/aromatic N) is 7. The molecule has 4 aromatic heterocycles. The predicted octanol–water partition coefficient (Wildman–Crippen LogP) is 3.82. The van der Waals surface area contributed by atoms with E-state index in [1.54, 1.807) is 12.4 Å². The predicted molar refractivity (Wildman–Crippen MR) is 109 cm³/mol. The molecule has 30 heavy (non-hydrogen) atoms. The maximum absolute atomic E-state index is 9.43. The first-order valence-electron chi connectivity index (χ1n) is 9.67. The van der Waals surface area contributed by atoms with Crippen molar-refractivity contribution in [2.75, 3.05) is 0 Å². The molecule has 0 radical (unpaired) electrons. The number of rotatable bonds is 4. The minimum absolute atomic E-state index is 0.314. The Hall–Kier alpha value is -4.04. The molecule has 0 bridgehead atoms. The van der Waals surface area contributed by atoms with Crippen molar-refractivity contribution in [1.82, 2.24) is 29.9 Å². The fourth-order valence-electron chi connectivity index (χ4n) is 4.51. The number of nitrogens with one attached hydrogen (secondary N) is 1. The van der Waals surface area contributed by atoms with Crippen LogP contribution >= 0.6 is 0 Å². The average Bonchev–Trinajstić information content (AvgIpc) is 3.44. The Morgan fingerprint density at radius 1 is 1.17 bits per heavy atom. The summed E-state index contributed by atoms with van der Waals surface area (Å²) in [6, 6.07) is 14.2. The minimum Gasteiger partial charge on any atom is -0.285 e. The van der Waals surface area contributed by atoms with Gasteiger partial charge in [-0.25, -0.2) is 4.98 Å². The van der Waals surface area contributed by atoms with E-state index in [1.165, 1.54) is 0 Å². The van der Waals surface area contributed by atoms with Crippen molar-refractivity contribution >= 4 is 10.9 Å². The van der Waals surface area contributed by atoms with E-state index in [0.717, 1.165) is 16.6 Å². The third-order valence-electron chi connectivity index (χ3n) is 5.80. The van der Waals surface area contributed by atoms with Gasteiger partial charge in [-0.15, -0.1) is 0 Å². The maximum atomic E-state index is 9.43. The summed E-state index contributed by atoms with van der Waals surface area (Å²) in [4.78, 5) is 9.32. The number of fused-ring (bicyclic) bond motifs is 1. The molecule has 0 amide bonds. The standard InChI is InChI=1S/C22H18N8/c1-21(14-24)12-22(13-21,6-7-23)30-10-5-17(29-30)20-15-3-2-8-25-18(15)11-19(27-20)16-4-9-26-28-16/h2-5,8-11H,6,12-13H2,1H3,(H,26,28)/t21-,22-. The van der Waals surface area contributed by atoms with E-state index in [2.05, 4.69) is 27.3 Å². The van der Waals surface area contributed by atoms with E-state index in [9.17, 15) is 10.5 Å². The molecular formula is C22H18N8. The molecule has 0 aliphatic heterocycles. The second-order valence-corrected chi connectivity index (χ2v) is 8.12. The van der Waals surface area contributed by atoms with Gasteiger partial charge in [0.15, 0.2) is 0 Å². The summed E-state index contributed by atoms with van der Waals surface area (Å²) in [5, 5.41) is 31.6. The number of pyridine rings is 2. The van der Waals surface area contributed by atoms with Crippen molar-refractivity contribution < 1.29 is 0 Å². The second kappa shape index (κ2) is 6.50. The SMILES string of the molecule is C[C@]1(C#N)C[C@](CC#N)(n2ccc(-c3nc(-c4cc[nH]n4)cc4ncccc34)n2)C1. The molecule has 1 aliphatic rings. The van der Waals surface area contributed by atoms with E-state index >= 15 is 0 Å². The highest BCUT2D eigenvalue weighted by Crippen LogP contribution is 2.54. The van der Waals surface area contributed by atoms with Gasteiger partial charge in [-0.2, -0.15) is 20.7 Å². The summed E-state index contributed by atoms with van der Waals surface area (Å²) < 4.78 is 1.84. The molecule has 0 aromatic carbocycles. The number of aromatic nitrogens is 6. The van der Waals surface area contributed by atoms with Crippen LogP contribution in [0.5, 0.6) is 0 Å². The summed E-state index contributed by atoms with van der Waals surface area (Å²) in [6.07, 6.45) is 6.91. The normalized spacial score (nSPS) is 22.9. The Labute approximate surface area is 172 Å². The number of nitriles is 2. The molecule has 5 rings (SSSR count). The van der Waals surface area contributed by atoms with Crippen molar-refractivity contribution in [2.24, 2.45) is 5.41 Å². The zero-order chi connectivity index (χ0) is 20.8. The molecule has 4 heterocycles. The van der Waals surface area contributed by atoms with Crippen LogP contribution in [0.3, 0.4) is 0 Å². The van der Waals surface area contributed by atoms with Crippen molar-refractivity contribution in [1.29, 1.82) is 10.5 Å². The Bertz CT molecular complexity index is 1310. The average molecular weight is 394 g/mol. The third-order valence-corrected chi connectivity index (χ3v) is 5.80. The van der Waals surface area contributed by atoms with Crippen LogP contribution in [0.1, 0.15) is 26.2 Å². The fourth-order valence-corrected chi connectivity index (χ4v) is 4.51. The van der Waals surface area contributed by atoms with Gasteiger partial charge in [0.1, 0.15) is 17.1 Å². The van der Waals surface area contributed by atoms with Crippen LogP contribution in [-0.4, -0.2) is 29.9 Å². The molecule has 0 unspecified atom stereocenters. The molecule has 8 heteroatoms. The molecule has 1 N–H and O–H groups in total. The lowest BCUT2D eigenvalue weighted by Crippen LogP contribution is -2.51. The smallest absolute Gasteiger partial charge is 0.111 e. The molecule has 1 fully saturated rings. The highest BCUT2D eigenvalue weighted by atomic mass is 15.3. The summed E-state index contributed by atoms with van der Waals surface area (Å²) in [6.45, 7) is 1.93. The molecule has 1 aliphatic carbocycles. The highest BCUT2D eigenvalue weighted by molar-refractivity contribution is 5.93. The Balaban J connectivity index is 1.62. The Morgan fingerprint density at radius 3 is 2.77 bits per heavy atom. The lowest BCUT2D eigenvalue weighted by molar-refractivity contribution is 0.0200. The molecule has 4 aromatic rings. The third kappa shape index (κ3) is 2.73. The van der Waals surface area contributed by atoms with Crippen molar-refractivity contribution in [2.45, 2.75) is 31.7 Å². The van der Waals surface area contributed by atoms with E-state index < -0.39 is 11.0 Å². The Morgan fingerprint density at radius 2 is 2.03 bits per heavy atom. The zero-order valence-electron chi connectivity index (χ0n) is 16.4. The van der Waals surface area contributed by atoms with Gasteiger partial charge in [0, 0.05) is 24.0 Å². The quantitative estimate of drug-likeness (QED) is 0.562. The van der Waals surface area contributed by atoms with Crippen LogP contribution in [0, 0.1) is 28.1 Å². The van der Waals surface area contributed by atoms with Crippen LogP contribution in [0.15, 0.2) is 48.9 Å². The first-order chi connectivity index (χ1) is 14.6. The van der Waals surface area contributed by atoms with Gasteiger partial charge in [-0.05, 0) is 50.1 Å². The van der Waals surface area contributed by atoms with Gasteiger partial charge in [0.2, 0.25) is 0 Å². The highest BCUT2D eigenvalue weighted by Gasteiger charge is 2.54. The first kappa shape index (κ1) is 18.0. The van der Waals surface area contributed by atoms with Crippen LogP contribution in [-0.2, 0) is 5.54 Å². The number of hydrogen-bond donors (Lipinski definition) is 1. The number of hydrogen-bond acceptors (Lipinski definition) is 6. The fraction of sp³-hybridized carbons (Fsp3) is 0.273. The topological polar surface area (TPSA) is 120 Å². The van der Waals surface area contributed by atoms with Gasteiger partial charge >= 0.3 is 0 Å². The number of aromatic amines is 1. The summed E-state index contributed by atoms with van der Waals surface area (Å²) in [5.74, 6) is 0. The summed E-state index contributed by atoms with van der Waals surface area (Å²) >= 11 is 0. The summed E-state index contributed by atoms with van der Waals surface area (Å²) in [5.41, 5.74) is 2.79. The lowest BCUT2D eigenvalue weighted by Gasteiger charge is -2.50. The first-order valence-corrected chi connectivity index (χ1v) is 9.67. The zero-order valence-corrected chi connectivity index (χ0v) is 16.4. The molecule has 146 valence electrons. The molecule has 0 atom stereocenters. The van der Waals surface area contributed by atoms with Gasteiger partial charge in [0.25, 0.3) is 0 Å². The van der Waals surface area contributed by atoms with Gasteiger partial charge in [0.05, 0.1) is 40.7 Å². The molecular weight excluding hydrogens is 376 g/mol. The van der Waals surface area contributed by atoms with Crippen LogP contribution in [0.2, 0.25) is 0 Å². The van der Waals surface area contributed by atoms with Crippen LogP contribution in [0.25, 0.3) is 33.7 Å². The molecule has 0 saturated heterocycles. The second-order valence-electron chi connectivity index (χ2n) is 8.12. The van der Waals surface area contributed by atoms with Gasteiger partial charge < -0.3 is 0 Å². The lowest BCUT2D eigenvalue weighted by atomic mass is 9.58. The van der Waals surface area contributed by atoms with Crippen molar-refractivity contribution in [3.8, 4) is 34.9 Å². The molecule has 0 spiro atoms. The molecule has 8 nitrogen and oxygen atoms in total. The number of H-pyrrole nitrogens is 1. The van der Waals surface area contributed by atoms with Crippen LogP contribution in [0.4, 0.5) is 0 Å². The maximum Gasteiger partial charge on any atom is 0.111 e. The van der Waals surface area contributed by atoms with E-state index in [-0.39, 0.29) is 0 Å². The Kier molecular flexibility index (Phi) is 3.90. The summed E-state index contributed by atoms with van der Waals surface area (Å²) in [7, 11) is 0. The minimum atomic E-state index is -0.453. The molecule has 1 saturated carbocycles. The van der Waals surface area contributed by atoms with E-state index in [4.69, 9.17) is 10.1 Å². The van der Waals surface area contributed by atoms with Crippen molar-refractivity contribution in [3.63, 3.8) is 0 Å². The van der Waals surface area contributed by atoms with Crippen LogP contribution < -0.4 is 0 Å². The largest absolute Gasteiger partial charge is 0.285 e. The van der Waals surface area contributed by atoms with E-state index in [1.807, 2.05) is 48.1 Å². The van der Waals surface area contributed by atoms with Gasteiger partial charge in [-0.1, -0.05) is 0 Å². The van der Waals surface area contributed by atoms with Gasteiger partial charge in [-0.3, -0.25) is 14.8 Å². The monoisotopic (exact) mass is 394 g/mol. The van der Waals surface area contributed by atoms with Crippen molar-refractivity contribution in [3.05, 3.63) is 48.9 Å².